The largest absolute Gasteiger partial charge is 0.466 e. The molecule has 2 fully saturated rings. The van der Waals surface area contributed by atoms with E-state index >= 15 is 0 Å². The highest BCUT2D eigenvalue weighted by Crippen LogP contribution is 2.61. The first-order valence-corrected chi connectivity index (χ1v) is 5.48. The predicted octanol–water partition coefficient (Wildman–Crippen LogP) is 1.75. The van der Waals surface area contributed by atoms with Crippen LogP contribution in [-0.2, 0) is 14.3 Å². The molecule has 0 N–H and O–H groups in total. The fraction of sp³-hybridized carbons (Fsp3) is 0.909. The van der Waals surface area contributed by atoms with Crippen LogP contribution in [-0.4, -0.2) is 25.3 Å². The molecule has 0 aromatic carbocycles. The number of ether oxygens (including phenoxy) is 2. The standard InChI is InChI=1S/C11H18O3/c1-3-14-10(12)9-8-6-4-5-7-11(8,9)13-2/h8-9H,3-7H2,1-2H3/t8-,9+,11-/m1/s1. The Balaban J connectivity index is 2.04. The lowest BCUT2D eigenvalue weighted by Crippen LogP contribution is -2.22. The van der Waals surface area contributed by atoms with Crippen LogP contribution >= 0.6 is 0 Å². The summed E-state index contributed by atoms with van der Waals surface area (Å²) < 4.78 is 10.6. The van der Waals surface area contributed by atoms with Crippen molar-refractivity contribution in [2.45, 2.75) is 38.2 Å². The molecule has 3 nitrogen and oxygen atoms in total. The Hall–Kier alpha value is -0.570. The first kappa shape index (κ1) is 9.97. The average molecular weight is 198 g/mol. The highest BCUT2D eigenvalue weighted by atomic mass is 16.5. The molecule has 14 heavy (non-hydrogen) atoms. The molecule has 2 rings (SSSR count). The molecule has 0 aromatic heterocycles. The first-order chi connectivity index (χ1) is 6.76. The summed E-state index contributed by atoms with van der Waals surface area (Å²) in [6, 6.07) is 0. The molecular formula is C11H18O3. The van der Waals surface area contributed by atoms with Gasteiger partial charge in [0.05, 0.1) is 18.1 Å². The van der Waals surface area contributed by atoms with Crippen molar-refractivity contribution < 1.29 is 14.3 Å². The van der Waals surface area contributed by atoms with E-state index < -0.39 is 0 Å². The summed E-state index contributed by atoms with van der Waals surface area (Å²) in [5, 5.41) is 0. The minimum atomic E-state index is -0.148. The molecule has 2 saturated carbocycles. The van der Waals surface area contributed by atoms with E-state index in [-0.39, 0.29) is 17.5 Å². The summed E-state index contributed by atoms with van der Waals surface area (Å²) in [5.41, 5.74) is -0.148. The van der Waals surface area contributed by atoms with Crippen LogP contribution in [0.1, 0.15) is 32.6 Å². The van der Waals surface area contributed by atoms with Crippen LogP contribution in [0.15, 0.2) is 0 Å². The third kappa shape index (κ3) is 1.26. The van der Waals surface area contributed by atoms with Crippen molar-refractivity contribution in [3.8, 4) is 0 Å². The second kappa shape index (κ2) is 3.54. The molecule has 0 aromatic rings. The number of methoxy groups -OCH3 is 1. The molecule has 3 atom stereocenters. The van der Waals surface area contributed by atoms with Gasteiger partial charge in [0.15, 0.2) is 0 Å². The van der Waals surface area contributed by atoms with Gasteiger partial charge in [0.2, 0.25) is 0 Å². The van der Waals surface area contributed by atoms with E-state index in [0.29, 0.717) is 12.5 Å². The van der Waals surface area contributed by atoms with E-state index in [1.165, 1.54) is 12.8 Å². The Kier molecular flexibility index (Phi) is 2.52. The van der Waals surface area contributed by atoms with Gasteiger partial charge < -0.3 is 9.47 Å². The number of hydrogen-bond acceptors (Lipinski definition) is 3. The fourth-order valence-electron chi connectivity index (χ4n) is 2.99. The Morgan fingerprint density at radius 1 is 1.50 bits per heavy atom. The number of rotatable bonds is 3. The number of hydrogen-bond donors (Lipinski definition) is 0. The van der Waals surface area contributed by atoms with Crippen molar-refractivity contribution >= 4 is 5.97 Å². The molecule has 3 heteroatoms. The van der Waals surface area contributed by atoms with Gasteiger partial charge in [-0.1, -0.05) is 12.8 Å². The van der Waals surface area contributed by atoms with Crippen molar-refractivity contribution in [3.05, 3.63) is 0 Å². The van der Waals surface area contributed by atoms with Gasteiger partial charge in [0.1, 0.15) is 0 Å². The quantitative estimate of drug-likeness (QED) is 0.648. The normalized spacial score (nSPS) is 40.1. The van der Waals surface area contributed by atoms with E-state index in [2.05, 4.69) is 0 Å². The minimum Gasteiger partial charge on any atom is -0.466 e. The lowest BCUT2D eigenvalue weighted by atomic mass is 9.98. The van der Waals surface area contributed by atoms with Gasteiger partial charge in [0.25, 0.3) is 0 Å². The second-order valence-electron chi connectivity index (χ2n) is 4.24. The Bertz CT molecular complexity index is 239. The molecule has 0 aliphatic heterocycles. The number of fused-ring (bicyclic) bond motifs is 1. The van der Waals surface area contributed by atoms with Crippen LogP contribution in [0, 0.1) is 11.8 Å². The summed E-state index contributed by atoms with van der Waals surface area (Å²) in [5.74, 6) is 0.400. The Labute approximate surface area is 84.8 Å². The van der Waals surface area contributed by atoms with E-state index in [4.69, 9.17) is 9.47 Å². The molecule has 0 bridgehead atoms. The van der Waals surface area contributed by atoms with Crippen molar-refractivity contribution in [1.29, 1.82) is 0 Å². The zero-order valence-corrected chi connectivity index (χ0v) is 8.91. The zero-order valence-electron chi connectivity index (χ0n) is 8.91. The van der Waals surface area contributed by atoms with E-state index in [9.17, 15) is 4.79 Å². The summed E-state index contributed by atoms with van der Waals surface area (Å²) >= 11 is 0. The van der Waals surface area contributed by atoms with Gasteiger partial charge in [-0.25, -0.2) is 0 Å². The second-order valence-corrected chi connectivity index (χ2v) is 4.24. The predicted molar refractivity (Wildman–Crippen MR) is 51.8 cm³/mol. The lowest BCUT2D eigenvalue weighted by Gasteiger charge is -2.19. The van der Waals surface area contributed by atoms with Gasteiger partial charge in [-0.2, -0.15) is 0 Å². The maximum Gasteiger partial charge on any atom is 0.312 e. The molecule has 80 valence electrons. The zero-order chi connectivity index (χ0) is 10.2. The van der Waals surface area contributed by atoms with Crippen LogP contribution < -0.4 is 0 Å². The van der Waals surface area contributed by atoms with Gasteiger partial charge >= 0.3 is 5.97 Å². The third-order valence-corrected chi connectivity index (χ3v) is 3.70. The van der Waals surface area contributed by atoms with Crippen LogP contribution in [0.5, 0.6) is 0 Å². The van der Waals surface area contributed by atoms with Crippen LogP contribution in [0.2, 0.25) is 0 Å². The minimum absolute atomic E-state index is 0.0231. The maximum absolute atomic E-state index is 11.6. The summed E-state index contributed by atoms with van der Waals surface area (Å²) in [7, 11) is 1.72. The monoisotopic (exact) mass is 198 g/mol. The summed E-state index contributed by atoms with van der Waals surface area (Å²) in [4.78, 5) is 11.6. The molecular weight excluding hydrogens is 180 g/mol. The van der Waals surface area contributed by atoms with Crippen LogP contribution in [0.3, 0.4) is 0 Å². The van der Waals surface area contributed by atoms with Crippen molar-refractivity contribution in [2.75, 3.05) is 13.7 Å². The van der Waals surface area contributed by atoms with Gasteiger partial charge in [-0.3, -0.25) is 4.79 Å². The number of esters is 1. The van der Waals surface area contributed by atoms with Gasteiger partial charge in [-0.15, -0.1) is 0 Å². The molecule has 2 aliphatic carbocycles. The topological polar surface area (TPSA) is 35.5 Å². The maximum atomic E-state index is 11.6. The Morgan fingerprint density at radius 2 is 2.29 bits per heavy atom. The molecule has 0 spiro atoms. The van der Waals surface area contributed by atoms with Crippen LogP contribution in [0.25, 0.3) is 0 Å². The molecule has 2 aliphatic rings. The number of carbonyl (C=O) groups is 1. The van der Waals surface area contributed by atoms with Crippen molar-refractivity contribution in [2.24, 2.45) is 11.8 Å². The smallest absolute Gasteiger partial charge is 0.312 e. The van der Waals surface area contributed by atoms with E-state index in [1.807, 2.05) is 6.92 Å². The van der Waals surface area contributed by atoms with Crippen molar-refractivity contribution in [3.63, 3.8) is 0 Å². The molecule has 0 unspecified atom stereocenters. The summed E-state index contributed by atoms with van der Waals surface area (Å²) in [6.07, 6.45) is 4.56. The highest BCUT2D eigenvalue weighted by molar-refractivity contribution is 5.79. The fourth-order valence-corrected chi connectivity index (χ4v) is 2.99. The molecule has 0 radical (unpaired) electrons. The first-order valence-electron chi connectivity index (χ1n) is 5.48. The molecule has 0 heterocycles. The summed E-state index contributed by atoms with van der Waals surface area (Å²) in [6.45, 7) is 2.32. The SMILES string of the molecule is CCOC(=O)[C@@H]1[C@H]2CCCC[C@@]21OC. The third-order valence-electron chi connectivity index (χ3n) is 3.70. The van der Waals surface area contributed by atoms with Gasteiger partial charge in [-0.05, 0) is 19.8 Å². The molecule has 0 amide bonds. The Morgan fingerprint density at radius 3 is 2.86 bits per heavy atom. The molecule has 0 saturated heterocycles. The van der Waals surface area contributed by atoms with Crippen molar-refractivity contribution in [1.82, 2.24) is 0 Å². The van der Waals surface area contributed by atoms with E-state index in [1.54, 1.807) is 7.11 Å². The van der Waals surface area contributed by atoms with Crippen LogP contribution in [0.4, 0.5) is 0 Å². The highest BCUT2D eigenvalue weighted by Gasteiger charge is 2.69. The average Bonchev–Trinajstić information content (AvgIpc) is 2.87. The van der Waals surface area contributed by atoms with Gasteiger partial charge in [0, 0.05) is 13.0 Å². The lowest BCUT2D eigenvalue weighted by molar-refractivity contribution is -0.147. The van der Waals surface area contributed by atoms with E-state index in [0.717, 1.165) is 12.8 Å². The number of carbonyl (C=O) groups excluding carboxylic acids is 1.